The minimum Gasteiger partial charge on any atom is -0.493 e. The Morgan fingerprint density at radius 2 is 1.92 bits per heavy atom. The molecule has 3 atom stereocenters. The number of Topliss-reactive ketones (excluding diaryl/α,β-unsaturated/α-hetero) is 1. The number of allylic oxidation sites excluding steroid dienone is 7. The van der Waals surface area contributed by atoms with Crippen molar-refractivity contribution in [3.05, 3.63) is 92.4 Å². The number of aromatic nitrogens is 2. The van der Waals surface area contributed by atoms with E-state index in [1.54, 1.807) is 12.3 Å². The molecule has 3 rings (SSSR count). The maximum absolute atomic E-state index is 13.9. The van der Waals surface area contributed by atoms with Crippen molar-refractivity contribution in [1.82, 2.24) is 10.2 Å². The maximum atomic E-state index is 13.9. The number of fused-ring (bicyclic) bond motifs is 1. The number of benzene rings is 1. The van der Waals surface area contributed by atoms with Crippen LogP contribution >= 0.6 is 11.6 Å². The SMILES string of the molecule is C=C(C(=C\C=C(\c1c[nH][nH]c1=O)C(C)CC)/C(=C\C)C(=O)C1COc2ccc(Cl)cc2C1)C(C)CC. The van der Waals surface area contributed by atoms with Crippen molar-refractivity contribution in [3.63, 3.8) is 0 Å². The molecule has 1 aliphatic rings. The van der Waals surface area contributed by atoms with Gasteiger partial charge in [0.2, 0.25) is 0 Å². The molecule has 3 unspecified atom stereocenters. The second-order valence-corrected chi connectivity index (χ2v) is 9.97. The van der Waals surface area contributed by atoms with Crippen LogP contribution in [-0.2, 0) is 11.2 Å². The van der Waals surface area contributed by atoms with E-state index in [1.807, 2.05) is 37.3 Å². The van der Waals surface area contributed by atoms with E-state index >= 15 is 0 Å². The van der Waals surface area contributed by atoms with E-state index in [-0.39, 0.29) is 29.1 Å². The lowest BCUT2D eigenvalue weighted by Gasteiger charge is -2.27. The molecular formula is C30H37ClN2O3. The van der Waals surface area contributed by atoms with Crippen molar-refractivity contribution in [3.8, 4) is 5.75 Å². The number of hydrogen-bond donors (Lipinski definition) is 2. The first-order chi connectivity index (χ1) is 17.2. The van der Waals surface area contributed by atoms with E-state index in [4.69, 9.17) is 16.3 Å². The standard InChI is InChI=1S/C30H37ClN2O3/c1-7-18(4)20(6)26(12-11-25(19(5)8-2)27-16-32-33-30(27)35)24(9-3)29(34)22-14-21-15-23(31)10-13-28(21)36-17-22/h9-13,15-16,18-19,22H,6-8,14,17H2,1-5H3,(H2,32,33,35)/b24-9+,25-11+,26-12+. The van der Waals surface area contributed by atoms with Crippen molar-refractivity contribution >= 4 is 23.0 Å². The summed E-state index contributed by atoms with van der Waals surface area (Å²) >= 11 is 6.19. The van der Waals surface area contributed by atoms with E-state index < -0.39 is 0 Å². The first-order valence-electron chi connectivity index (χ1n) is 12.7. The third kappa shape index (κ3) is 6.01. The fourth-order valence-corrected chi connectivity index (χ4v) is 4.69. The maximum Gasteiger partial charge on any atom is 0.271 e. The summed E-state index contributed by atoms with van der Waals surface area (Å²) in [5.74, 6) is 0.840. The van der Waals surface area contributed by atoms with E-state index in [2.05, 4.69) is 44.5 Å². The van der Waals surface area contributed by atoms with Crippen LogP contribution in [0, 0.1) is 17.8 Å². The van der Waals surface area contributed by atoms with E-state index in [0.29, 0.717) is 29.2 Å². The molecule has 0 amide bonds. The van der Waals surface area contributed by atoms with Crippen LogP contribution in [0.5, 0.6) is 5.75 Å². The Balaban J connectivity index is 2.04. The molecule has 0 aliphatic carbocycles. The smallest absolute Gasteiger partial charge is 0.271 e. The lowest BCUT2D eigenvalue weighted by molar-refractivity contribution is -0.120. The van der Waals surface area contributed by atoms with Crippen LogP contribution in [0.15, 0.2) is 70.7 Å². The van der Waals surface area contributed by atoms with Gasteiger partial charge in [-0.3, -0.25) is 14.7 Å². The summed E-state index contributed by atoms with van der Waals surface area (Å²) in [6, 6.07) is 5.53. The highest BCUT2D eigenvalue weighted by Gasteiger charge is 2.30. The highest BCUT2D eigenvalue weighted by molar-refractivity contribution is 6.30. The van der Waals surface area contributed by atoms with E-state index in [0.717, 1.165) is 40.9 Å². The van der Waals surface area contributed by atoms with Crippen molar-refractivity contribution in [2.75, 3.05) is 6.61 Å². The fraction of sp³-hybridized carbons (Fsp3) is 0.400. The van der Waals surface area contributed by atoms with Crippen molar-refractivity contribution in [2.45, 2.75) is 53.9 Å². The summed E-state index contributed by atoms with van der Waals surface area (Å²) in [6.45, 7) is 15.0. The van der Waals surface area contributed by atoms with Crippen LogP contribution in [0.4, 0.5) is 0 Å². The Kier molecular flexibility index (Phi) is 9.38. The summed E-state index contributed by atoms with van der Waals surface area (Å²) in [7, 11) is 0. The Morgan fingerprint density at radius 3 is 2.53 bits per heavy atom. The second-order valence-electron chi connectivity index (χ2n) is 9.53. The normalized spacial score (nSPS) is 18.3. The van der Waals surface area contributed by atoms with Crippen LogP contribution in [0.1, 0.15) is 58.6 Å². The van der Waals surface area contributed by atoms with Gasteiger partial charge in [0, 0.05) is 16.8 Å². The molecule has 36 heavy (non-hydrogen) atoms. The van der Waals surface area contributed by atoms with Gasteiger partial charge in [-0.15, -0.1) is 0 Å². The molecule has 1 aliphatic heterocycles. The Labute approximate surface area is 219 Å². The summed E-state index contributed by atoms with van der Waals surface area (Å²) in [4.78, 5) is 26.2. The van der Waals surface area contributed by atoms with Gasteiger partial charge in [-0.05, 0) is 78.5 Å². The lowest BCUT2D eigenvalue weighted by Crippen LogP contribution is -2.30. The van der Waals surface area contributed by atoms with Gasteiger partial charge >= 0.3 is 0 Å². The number of carbonyl (C=O) groups excluding carboxylic acids is 1. The highest BCUT2D eigenvalue weighted by Crippen LogP contribution is 2.35. The predicted molar refractivity (Wildman–Crippen MR) is 148 cm³/mol. The van der Waals surface area contributed by atoms with E-state index in [1.165, 1.54) is 0 Å². The highest BCUT2D eigenvalue weighted by atomic mass is 35.5. The molecular weight excluding hydrogens is 472 g/mol. The predicted octanol–water partition coefficient (Wildman–Crippen LogP) is 7.08. The molecule has 2 N–H and O–H groups in total. The molecule has 192 valence electrons. The van der Waals surface area contributed by atoms with Crippen LogP contribution in [0.25, 0.3) is 5.57 Å². The molecule has 1 aromatic carbocycles. The zero-order valence-corrected chi connectivity index (χ0v) is 22.7. The molecule has 0 bridgehead atoms. The number of ether oxygens (including phenoxy) is 1. The zero-order valence-electron chi connectivity index (χ0n) is 21.9. The molecule has 5 nitrogen and oxygen atoms in total. The number of nitrogens with one attached hydrogen (secondary N) is 2. The van der Waals surface area contributed by atoms with Crippen LogP contribution in [0.2, 0.25) is 5.02 Å². The summed E-state index contributed by atoms with van der Waals surface area (Å²) in [6.07, 6.45) is 9.85. The number of carbonyl (C=O) groups is 1. The number of halogens is 1. The lowest BCUT2D eigenvalue weighted by atomic mass is 9.81. The topological polar surface area (TPSA) is 75.0 Å². The number of ketones is 1. The molecule has 6 heteroatoms. The molecule has 0 radical (unpaired) electrons. The fourth-order valence-electron chi connectivity index (χ4n) is 4.50. The van der Waals surface area contributed by atoms with Crippen LogP contribution in [-0.4, -0.2) is 22.6 Å². The van der Waals surface area contributed by atoms with Gasteiger partial charge < -0.3 is 9.84 Å². The molecule has 0 fully saturated rings. The van der Waals surface area contributed by atoms with Gasteiger partial charge in [-0.1, -0.05) is 64.1 Å². The summed E-state index contributed by atoms with van der Waals surface area (Å²) in [5, 5.41) is 6.05. The van der Waals surface area contributed by atoms with E-state index in [9.17, 15) is 9.59 Å². The molecule has 0 spiro atoms. The van der Waals surface area contributed by atoms with Crippen molar-refractivity contribution < 1.29 is 9.53 Å². The zero-order chi connectivity index (χ0) is 26.4. The summed E-state index contributed by atoms with van der Waals surface area (Å²) in [5.41, 5.74) is 4.65. The Bertz CT molecular complexity index is 1260. The molecule has 0 saturated carbocycles. The number of H-pyrrole nitrogens is 2. The first kappa shape index (κ1) is 27.5. The van der Waals surface area contributed by atoms with Gasteiger partial charge in [0.15, 0.2) is 5.78 Å². The third-order valence-corrected chi connectivity index (χ3v) is 7.46. The van der Waals surface area contributed by atoms with Gasteiger partial charge in [0.05, 0.1) is 18.1 Å². The first-order valence-corrected chi connectivity index (χ1v) is 13.1. The Morgan fingerprint density at radius 1 is 1.19 bits per heavy atom. The minimum absolute atomic E-state index is 0.0248. The van der Waals surface area contributed by atoms with Crippen molar-refractivity contribution in [2.24, 2.45) is 17.8 Å². The molecule has 2 heterocycles. The average Bonchev–Trinajstić information content (AvgIpc) is 3.31. The quantitative estimate of drug-likeness (QED) is 0.266. The molecule has 0 saturated heterocycles. The van der Waals surface area contributed by atoms with Gasteiger partial charge in [0.1, 0.15) is 5.75 Å². The van der Waals surface area contributed by atoms with Gasteiger partial charge in [-0.25, -0.2) is 0 Å². The van der Waals surface area contributed by atoms with Crippen LogP contribution < -0.4 is 10.3 Å². The monoisotopic (exact) mass is 508 g/mol. The minimum atomic E-state index is -0.319. The Hall–Kier alpha value is -3.05. The third-order valence-electron chi connectivity index (χ3n) is 7.23. The summed E-state index contributed by atoms with van der Waals surface area (Å²) < 4.78 is 5.92. The van der Waals surface area contributed by atoms with Gasteiger partial charge in [-0.2, -0.15) is 0 Å². The largest absolute Gasteiger partial charge is 0.493 e. The van der Waals surface area contributed by atoms with Crippen molar-refractivity contribution in [1.29, 1.82) is 0 Å². The molecule has 2 aromatic rings. The second kappa shape index (κ2) is 12.3. The molecule has 1 aromatic heterocycles. The van der Waals surface area contributed by atoms with Crippen LogP contribution in [0.3, 0.4) is 0 Å². The number of hydrogen-bond acceptors (Lipinski definition) is 3. The number of rotatable bonds is 10. The van der Waals surface area contributed by atoms with Gasteiger partial charge in [0.25, 0.3) is 5.56 Å². The average molecular weight is 509 g/mol. The number of aromatic amines is 2.